The molecule has 7 nitrogen and oxygen atoms in total. The summed E-state index contributed by atoms with van der Waals surface area (Å²) >= 11 is 6.08. The zero-order valence-electron chi connectivity index (χ0n) is 18.5. The summed E-state index contributed by atoms with van der Waals surface area (Å²) in [4.78, 5) is 17.1. The van der Waals surface area contributed by atoms with Gasteiger partial charge in [-0.1, -0.05) is 35.9 Å². The summed E-state index contributed by atoms with van der Waals surface area (Å²) in [5.74, 6) is -0.466. The molecule has 0 bridgehead atoms. The molecule has 35 heavy (non-hydrogen) atoms. The fourth-order valence-electron chi connectivity index (χ4n) is 3.03. The van der Waals surface area contributed by atoms with E-state index in [1.165, 1.54) is 17.0 Å². The highest BCUT2D eigenvalue weighted by molar-refractivity contribution is 7.90. The maximum atomic E-state index is 13.2. The molecule has 1 N–H and O–H groups in total. The van der Waals surface area contributed by atoms with Crippen LogP contribution in [0.2, 0.25) is 5.02 Å². The van der Waals surface area contributed by atoms with Crippen molar-refractivity contribution >= 4 is 39.6 Å². The normalized spacial score (nSPS) is 12.1. The van der Waals surface area contributed by atoms with E-state index < -0.39 is 32.6 Å². The molecule has 0 saturated carbocycles. The molecule has 0 atom stereocenters. The van der Waals surface area contributed by atoms with E-state index in [0.717, 1.165) is 24.7 Å². The second kappa shape index (κ2) is 10.4. The minimum atomic E-state index is -4.67. The summed E-state index contributed by atoms with van der Waals surface area (Å²) < 4.78 is 69.2. The van der Waals surface area contributed by atoms with Crippen molar-refractivity contribution in [1.29, 1.82) is 0 Å². The Morgan fingerprint density at radius 3 is 2.51 bits per heavy atom. The first-order valence-electron chi connectivity index (χ1n) is 10.0. The summed E-state index contributed by atoms with van der Waals surface area (Å²) in [6, 6.07) is 11.4. The average molecular weight is 525 g/mol. The molecule has 0 aliphatic rings. The Hall–Kier alpha value is -3.44. The number of amides is 1. The number of nitrogens with zero attached hydrogens (tertiary/aromatic N) is 3. The Kier molecular flexibility index (Phi) is 7.81. The molecule has 1 amide bonds. The van der Waals surface area contributed by atoms with Crippen LogP contribution in [0.25, 0.3) is 11.1 Å². The molecule has 3 rings (SSSR count). The molecular weight excluding hydrogens is 505 g/mol. The van der Waals surface area contributed by atoms with Crippen LogP contribution in [0.3, 0.4) is 0 Å². The van der Waals surface area contributed by atoms with Gasteiger partial charge in [0.25, 0.3) is 10.0 Å². The van der Waals surface area contributed by atoms with Crippen LogP contribution in [-0.4, -0.2) is 44.6 Å². The number of sulfonamides is 1. The molecule has 0 fully saturated rings. The first-order chi connectivity index (χ1) is 16.4. The molecular formula is C23H20ClF3N4O3S. The van der Waals surface area contributed by atoms with Gasteiger partial charge < -0.3 is 10.2 Å². The van der Waals surface area contributed by atoms with Crippen molar-refractivity contribution < 1.29 is 26.4 Å². The van der Waals surface area contributed by atoms with Gasteiger partial charge in [-0.3, -0.25) is 9.78 Å². The van der Waals surface area contributed by atoms with Crippen LogP contribution in [0.15, 0.2) is 70.2 Å². The molecule has 12 heteroatoms. The molecule has 184 valence electrons. The van der Waals surface area contributed by atoms with Crippen molar-refractivity contribution in [2.45, 2.75) is 17.5 Å². The van der Waals surface area contributed by atoms with Gasteiger partial charge >= 0.3 is 6.18 Å². The number of rotatable bonds is 7. The Labute approximate surface area is 205 Å². The third-order valence-corrected chi connectivity index (χ3v) is 6.28. The number of nitrogens with one attached hydrogen (secondary N) is 1. The van der Waals surface area contributed by atoms with Crippen LogP contribution in [-0.2, 0) is 27.4 Å². The highest BCUT2D eigenvalue weighted by atomic mass is 35.5. The van der Waals surface area contributed by atoms with Crippen molar-refractivity contribution in [3.63, 3.8) is 0 Å². The fraction of sp³-hybridized carbons (Fsp3) is 0.174. The van der Waals surface area contributed by atoms with Gasteiger partial charge in [-0.15, -0.1) is 4.40 Å². The number of alkyl halides is 3. The lowest BCUT2D eigenvalue weighted by atomic mass is 10.0. The Morgan fingerprint density at radius 2 is 1.86 bits per heavy atom. The van der Waals surface area contributed by atoms with Crippen LogP contribution in [0.1, 0.15) is 11.1 Å². The van der Waals surface area contributed by atoms with E-state index in [4.69, 9.17) is 11.6 Å². The molecule has 0 aliphatic heterocycles. The maximum Gasteiger partial charge on any atom is 0.417 e. The van der Waals surface area contributed by atoms with Gasteiger partial charge in [-0.25, -0.2) is 0 Å². The number of hydrogen-bond acceptors (Lipinski definition) is 4. The molecule has 1 heterocycles. The molecule has 1 aromatic heterocycles. The lowest BCUT2D eigenvalue weighted by Crippen LogP contribution is -2.15. The molecule has 0 unspecified atom stereocenters. The molecule has 0 spiro atoms. The SMILES string of the molecule is CN(C)C=NS(=O)(=O)c1cc(NC(=O)Cc2ccccc2Cl)ccc1-c1cncc(C(F)(F)F)c1. The molecule has 2 aromatic carbocycles. The van der Waals surface area contributed by atoms with Gasteiger partial charge in [-0.2, -0.15) is 21.6 Å². The standard InChI is InChI=1S/C23H20ClF3N4O3S/c1-31(2)14-29-35(33,34)21-11-18(30-22(32)10-15-5-3-4-6-20(15)24)7-8-19(21)16-9-17(13-28-12-16)23(25,26)27/h3-9,11-14H,10H2,1-2H3,(H,30,32). The molecule has 0 radical (unpaired) electrons. The van der Waals surface area contributed by atoms with Gasteiger partial charge in [-0.05, 0) is 29.8 Å². The second-order valence-corrected chi connectivity index (χ2v) is 9.65. The average Bonchev–Trinajstić information content (AvgIpc) is 2.79. The number of halogens is 4. The van der Waals surface area contributed by atoms with Crippen LogP contribution < -0.4 is 5.32 Å². The van der Waals surface area contributed by atoms with Crippen LogP contribution in [0.5, 0.6) is 0 Å². The van der Waals surface area contributed by atoms with Crippen molar-refractivity contribution in [2.75, 3.05) is 19.4 Å². The van der Waals surface area contributed by atoms with Gasteiger partial charge in [0.05, 0.1) is 16.9 Å². The number of hydrogen-bond donors (Lipinski definition) is 1. The Bertz CT molecular complexity index is 1380. The number of carbonyl (C=O) groups excluding carboxylic acids is 1. The van der Waals surface area contributed by atoms with E-state index >= 15 is 0 Å². The van der Waals surface area contributed by atoms with Crippen LogP contribution >= 0.6 is 11.6 Å². The number of benzene rings is 2. The number of carbonyl (C=O) groups is 1. The van der Waals surface area contributed by atoms with Crippen LogP contribution in [0.4, 0.5) is 18.9 Å². The van der Waals surface area contributed by atoms with E-state index in [1.54, 1.807) is 38.4 Å². The predicted octanol–water partition coefficient (Wildman–Crippen LogP) is 4.88. The number of anilines is 1. The predicted molar refractivity (Wildman–Crippen MR) is 128 cm³/mol. The van der Waals surface area contributed by atoms with Gasteiger partial charge in [0, 0.05) is 48.3 Å². The van der Waals surface area contributed by atoms with Crippen molar-refractivity contribution in [1.82, 2.24) is 9.88 Å². The summed E-state index contributed by atoms with van der Waals surface area (Å²) in [6.45, 7) is 0. The smallest absolute Gasteiger partial charge is 0.368 e. The molecule has 3 aromatic rings. The monoisotopic (exact) mass is 524 g/mol. The third-order valence-electron chi connectivity index (χ3n) is 4.65. The van der Waals surface area contributed by atoms with E-state index in [0.29, 0.717) is 16.8 Å². The zero-order chi connectivity index (χ0) is 25.8. The van der Waals surface area contributed by atoms with Crippen molar-refractivity contribution in [3.05, 3.63) is 77.1 Å². The summed E-state index contributed by atoms with van der Waals surface area (Å²) in [5.41, 5.74) is -0.477. The first kappa shape index (κ1) is 26.2. The summed E-state index contributed by atoms with van der Waals surface area (Å²) in [6.07, 6.45) is -1.93. The van der Waals surface area contributed by atoms with E-state index in [2.05, 4.69) is 14.7 Å². The minimum absolute atomic E-state index is 0.0522. The van der Waals surface area contributed by atoms with E-state index in [1.807, 2.05) is 0 Å². The first-order valence-corrected chi connectivity index (χ1v) is 11.9. The Balaban J connectivity index is 2.04. The van der Waals surface area contributed by atoms with E-state index in [9.17, 15) is 26.4 Å². The highest BCUT2D eigenvalue weighted by Gasteiger charge is 2.31. The van der Waals surface area contributed by atoms with E-state index in [-0.39, 0.29) is 23.2 Å². The van der Waals surface area contributed by atoms with Crippen LogP contribution in [0, 0.1) is 0 Å². The summed E-state index contributed by atoms with van der Waals surface area (Å²) in [5, 5.41) is 2.99. The third kappa shape index (κ3) is 6.80. The zero-order valence-corrected chi connectivity index (χ0v) is 20.1. The fourth-order valence-corrected chi connectivity index (χ4v) is 4.40. The largest absolute Gasteiger partial charge is 0.417 e. The van der Waals surface area contributed by atoms with Crippen molar-refractivity contribution in [3.8, 4) is 11.1 Å². The number of pyridine rings is 1. The molecule has 0 aliphatic carbocycles. The number of aromatic nitrogens is 1. The second-order valence-electron chi connectivity index (χ2n) is 7.65. The molecule has 0 saturated heterocycles. The quantitative estimate of drug-likeness (QED) is 0.351. The topological polar surface area (TPSA) is 91.7 Å². The lowest BCUT2D eigenvalue weighted by molar-refractivity contribution is -0.137. The van der Waals surface area contributed by atoms with Gasteiger partial charge in [0.15, 0.2) is 0 Å². The van der Waals surface area contributed by atoms with Gasteiger partial charge in [0.1, 0.15) is 6.34 Å². The maximum absolute atomic E-state index is 13.2. The lowest BCUT2D eigenvalue weighted by Gasteiger charge is -2.14. The summed E-state index contributed by atoms with van der Waals surface area (Å²) in [7, 11) is -1.24. The Morgan fingerprint density at radius 1 is 1.14 bits per heavy atom. The van der Waals surface area contributed by atoms with Crippen molar-refractivity contribution in [2.24, 2.45) is 4.40 Å². The van der Waals surface area contributed by atoms with Gasteiger partial charge in [0.2, 0.25) is 5.91 Å². The minimum Gasteiger partial charge on any atom is -0.368 e. The highest BCUT2D eigenvalue weighted by Crippen LogP contribution is 2.35.